The van der Waals surface area contributed by atoms with Crippen molar-refractivity contribution in [2.75, 3.05) is 0 Å². The van der Waals surface area contributed by atoms with Crippen LogP contribution in [-0.2, 0) is 6.42 Å². The topological polar surface area (TPSA) is 9.23 Å². The van der Waals surface area contributed by atoms with Gasteiger partial charge < -0.3 is 4.43 Å². The highest BCUT2D eigenvalue weighted by Gasteiger charge is 2.24. The van der Waals surface area contributed by atoms with E-state index in [-0.39, 0.29) is 0 Å². The molecule has 0 heterocycles. The van der Waals surface area contributed by atoms with Gasteiger partial charge in [-0.1, -0.05) is 44.0 Å². The SMILES string of the molecule is C=CCc1ccccc1O[Si](C)(C)CCCC. The summed E-state index contributed by atoms with van der Waals surface area (Å²) in [4.78, 5) is 0. The first kappa shape index (κ1) is 14.0. The van der Waals surface area contributed by atoms with Gasteiger partial charge in [0.15, 0.2) is 0 Å². The highest BCUT2D eigenvalue weighted by atomic mass is 28.4. The molecule has 0 N–H and O–H groups in total. The molecule has 0 aliphatic heterocycles. The normalized spacial score (nSPS) is 11.2. The molecule has 0 fully saturated rings. The Hall–Kier alpha value is -1.02. The zero-order chi connectivity index (χ0) is 12.7. The van der Waals surface area contributed by atoms with E-state index in [9.17, 15) is 0 Å². The fourth-order valence-corrected chi connectivity index (χ4v) is 3.98. The number of unbranched alkanes of at least 4 members (excludes halogenated alkanes) is 1. The Balaban J connectivity index is 2.75. The molecule has 1 nitrogen and oxygen atoms in total. The van der Waals surface area contributed by atoms with Crippen molar-refractivity contribution in [2.45, 2.75) is 45.3 Å². The molecular weight excluding hydrogens is 224 g/mol. The number of rotatable bonds is 7. The molecule has 17 heavy (non-hydrogen) atoms. The second kappa shape index (κ2) is 6.65. The molecule has 0 bridgehead atoms. The van der Waals surface area contributed by atoms with Gasteiger partial charge in [-0.25, -0.2) is 0 Å². The van der Waals surface area contributed by atoms with Crippen LogP contribution < -0.4 is 4.43 Å². The average Bonchev–Trinajstić information content (AvgIpc) is 2.29. The standard InChI is InChI=1S/C15H24OSi/c1-5-7-13-17(3,4)16-15-12-9-8-11-14(15)10-6-2/h6,8-9,11-12H,2,5,7,10,13H2,1,3-4H3. The van der Waals surface area contributed by atoms with Crippen LogP contribution in [0.2, 0.25) is 19.1 Å². The Morgan fingerprint density at radius 1 is 1.29 bits per heavy atom. The minimum Gasteiger partial charge on any atom is -0.544 e. The Kier molecular flexibility index (Phi) is 5.49. The van der Waals surface area contributed by atoms with E-state index in [1.165, 1.54) is 24.4 Å². The summed E-state index contributed by atoms with van der Waals surface area (Å²) < 4.78 is 6.28. The van der Waals surface area contributed by atoms with Crippen LogP contribution >= 0.6 is 0 Å². The molecule has 1 aromatic carbocycles. The lowest BCUT2D eigenvalue weighted by Crippen LogP contribution is -2.34. The summed E-state index contributed by atoms with van der Waals surface area (Å²) >= 11 is 0. The number of para-hydroxylation sites is 1. The highest BCUT2D eigenvalue weighted by Crippen LogP contribution is 2.25. The molecule has 0 saturated heterocycles. The van der Waals surface area contributed by atoms with E-state index >= 15 is 0 Å². The summed E-state index contributed by atoms with van der Waals surface area (Å²) in [5, 5.41) is 0. The Labute approximate surface area is 107 Å². The Morgan fingerprint density at radius 3 is 2.65 bits per heavy atom. The quantitative estimate of drug-likeness (QED) is 0.497. The Morgan fingerprint density at radius 2 is 2.00 bits per heavy atom. The first-order chi connectivity index (χ1) is 8.09. The maximum absolute atomic E-state index is 6.28. The van der Waals surface area contributed by atoms with E-state index in [0.717, 1.165) is 12.2 Å². The van der Waals surface area contributed by atoms with E-state index < -0.39 is 8.32 Å². The molecule has 0 spiro atoms. The average molecular weight is 248 g/mol. The van der Waals surface area contributed by atoms with E-state index in [1.54, 1.807) is 0 Å². The zero-order valence-electron chi connectivity index (χ0n) is 11.3. The predicted octanol–water partition coefficient (Wildman–Crippen LogP) is 4.80. The minimum absolute atomic E-state index is 0.883. The Bertz CT molecular complexity index is 358. The van der Waals surface area contributed by atoms with Crippen molar-refractivity contribution in [3.63, 3.8) is 0 Å². The van der Waals surface area contributed by atoms with Crippen molar-refractivity contribution >= 4 is 8.32 Å². The molecule has 1 rings (SSSR count). The molecule has 0 aliphatic rings. The number of benzene rings is 1. The largest absolute Gasteiger partial charge is 0.544 e. The van der Waals surface area contributed by atoms with Crippen LogP contribution in [0.25, 0.3) is 0 Å². The molecule has 0 aromatic heterocycles. The maximum Gasteiger partial charge on any atom is 0.245 e. The molecular formula is C15H24OSi. The van der Waals surface area contributed by atoms with Gasteiger partial charge in [0.2, 0.25) is 8.32 Å². The van der Waals surface area contributed by atoms with Crippen LogP contribution in [-0.4, -0.2) is 8.32 Å². The van der Waals surface area contributed by atoms with Gasteiger partial charge in [-0.2, -0.15) is 0 Å². The lowest BCUT2D eigenvalue weighted by atomic mass is 10.1. The molecule has 0 radical (unpaired) electrons. The van der Waals surface area contributed by atoms with Crippen molar-refractivity contribution < 1.29 is 4.43 Å². The van der Waals surface area contributed by atoms with Gasteiger partial charge >= 0.3 is 0 Å². The summed E-state index contributed by atoms with van der Waals surface area (Å²) in [5.41, 5.74) is 1.25. The van der Waals surface area contributed by atoms with Crippen LogP contribution in [0, 0.1) is 0 Å². The van der Waals surface area contributed by atoms with Crippen molar-refractivity contribution in [3.05, 3.63) is 42.5 Å². The fraction of sp³-hybridized carbons (Fsp3) is 0.467. The van der Waals surface area contributed by atoms with Crippen LogP contribution in [0.1, 0.15) is 25.3 Å². The predicted molar refractivity (Wildman–Crippen MR) is 78.2 cm³/mol. The molecule has 0 aliphatic carbocycles. The van der Waals surface area contributed by atoms with E-state index in [0.29, 0.717) is 0 Å². The lowest BCUT2D eigenvalue weighted by molar-refractivity contribution is 0.536. The second-order valence-corrected chi connectivity index (χ2v) is 9.29. The maximum atomic E-state index is 6.28. The molecule has 0 saturated carbocycles. The number of hydrogen-bond acceptors (Lipinski definition) is 1. The van der Waals surface area contributed by atoms with Gasteiger partial charge in [0.25, 0.3) is 0 Å². The number of allylic oxidation sites excluding steroid dienone is 1. The molecule has 94 valence electrons. The fourth-order valence-electron chi connectivity index (χ4n) is 1.88. The summed E-state index contributed by atoms with van der Waals surface area (Å²) in [7, 11) is -1.56. The van der Waals surface area contributed by atoms with Crippen molar-refractivity contribution in [1.29, 1.82) is 0 Å². The monoisotopic (exact) mass is 248 g/mol. The summed E-state index contributed by atoms with van der Waals surface area (Å²) in [6.07, 6.45) is 5.33. The first-order valence-corrected chi connectivity index (χ1v) is 9.58. The summed E-state index contributed by atoms with van der Waals surface area (Å²) in [6.45, 7) is 10.6. The van der Waals surface area contributed by atoms with Gasteiger partial charge in [0, 0.05) is 0 Å². The van der Waals surface area contributed by atoms with E-state index in [1.807, 2.05) is 12.1 Å². The van der Waals surface area contributed by atoms with Crippen molar-refractivity contribution in [2.24, 2.45) is 0 Å². The molecule has 0 atom stereocenters. The molecule has 0 unspecified atom stereocenters. The minimum atomic E-state index is -1.56. The highest BCUT2D eigenvalue weighted by molar-refractivity contribution is 6.71. The lowest BCUT2D eigenvalue weighted by Gasteiger charge is -2.25. The smallest absolute Gasteiger partial charge is 0.245 e. The first-order valence-electron chi connectivity index (χ1n) is 6.47. The second-order valence-electron chi connectivity index (χ2n) is 5.07. The van der Waals surface area contributed by atoms with Gasteiger partial charge in [0.05, 0.1) is 0 Å². The molecule has 1 aromatic rings. The van der Waals surface area contributed by atoms with Crippen molar-refractivity contribution in [3.8, 4) is 5.75 Å². The third-order valence-electron chi connectivity index (χ3n) is 2.86. The third kappa shape index (κ3) is 4.78. The van der Waals surface area contributed by atoms with Crippen LogP contribution in [0.4, 0.5) is 0 Å². The van der Waals surface area contributed by atoms with Crippen LogP contribution in [0.3, 0.4) is 0 Å². The van der Waals surface area contributed by atoms with Crippen molar-refractivity contribution in [1.82, 2.24) is 0 Å². The summed E-state index contributed by atoms with van der Waals surface area (Å²) in [6, 6.07) is 9.55. The number of hydrogen-bond donors (Lipinski definition) is 0. The van der Waals surface area contributed by atoms with E-state index in [4.69, 9.17) is 4.43 Å². The van der Waals surface area contributed by atoms with Gasteiger partial charge in [-0.15, -0.1) is 6.58 Å². The van der Waals surface area contributed by atoms with E-state index in [2.05, 4.69) is 44.8 Å². The summed E-state index contributed by atoms with van der Waals surface area (Å²) in [5.74, 6) is 1.06. The third-order valence-corrected chi connectivity index (χ3v) is 5.19. The molecule has 2 heteroatoms. The van der Waals surface area contributed by atoms with Gasteiger partial charge in [-0.05, 0) is 37.2 Å². The van der Waals surface area contributed by atoms with Crippen LogP contribution in [0.15, 0.2) is 36.9 Å². The zero-order valence-corrected chi connectivity index (χ0v) is 12.3. The van der Waals surface area contributed by atoms with Gasteiger partial charge in [0.1, 0.15) is 5.75 Å². The van der Waals surface area contributed by atoms with Crippen LogP contribution in [0.5, 0.6) is 5.75 Å². The molecule has 0 amide bonds. The van der Waals surface area contributed by atoms with Gasteiger partial charge in [-0.3, -0.25) is 0 Å².